The average Bonchev–Trinajstić information content (AvgIpc) is 3.10. The fourth-order valence-corrected chi connectivity index (χ4v) is 2.99. The number of hydrogen-bond donors (Lipinski definition) is 1. The minimum atomic E-state index is -0.213. The Hall–Kier alpha value is -2.41. The number of carbonyl (C=O) groups is 1. The lowest BCUT2D eigenvalue weighted by atomic mass is 10.2. The quantitative estimate of drug-likeness (QED) is 0.901. The van der Waals surface area contributed by atoms with Crippen molar-refractivity contribution in [3.63, 3.8) is 0 Å². The van der Waals surface area contributed by atoms with Crippen LogP contribution in [0.15, 0.2) is 42.7 Å². The van der Waals surface area contributed by atoms with Crippen molar-refractivity contribution >= 4 is 6.03 Å². The first-order valence-electron chi connectivity index (χ1n) is 8.60. The molecule has 0 aliphatic carbocycles. The van der Waals surface area contributed by atoms with Crippen LogP contribution < -0.4 is 5.32 Å². The van der Waals surface area contributed by atoms with E-state index in [0.717, 1.165) is 25.2 Å². The number of rotatable bonds is 5. The maximum Gasteiger partial charge on any atom is 0.317 e. The molecule has 0 unspecified atom stereocenters. The van der Waals surface area contributed by atoms with Gasteiger partial charge in [0.2, 0.25) is 0 Å². The lowest BCUT2D eigenvalue weighted by Crippen LogP contribution is -2.53. The van der Waals surface area contributed by atoms with Crippen molar-refractivity contribution < 1.29 is 9.18 Å². The molecule has 1 atom stereocenters. The van der Waals surface area contributed by atoms with E-state index < -0.39 is 0 Å². The van der Waals surface area contributed by atoms with Gasteiger partial charge in [0.15, 0.2) is 0 Å². The Morgan fingerprint density at radius 2 is 1.96 bits per heavy atom. The van der Waals surface area contributed by atoms with E-state index in [4.69, 9.17) is 0 Å². The molecule has 2 amide bonds. The third-order valence-corrected chi connectivity index (χ3v) is 4.37. The third kappa shape index (κ3) is 5.03. The lowest BCUT2D eigenvalue weighted by molar-refractivity contribution is 0.133. The molecule has 0 spiro atoms. The van der Waals surface area contributed by atoms with Gasteiger partial charge >= 0.3 is 6.03 Å². The van der Waals surface area contributed by atoms with Crippen molar-refractivity contribution in [2.45, 2.75) is 26.1 Å². The molecule has 7 heteroatoms. The molecule has 134 valence electrons. The van der Waals surface area contributed by atoms with Crippen LogP contribution in [0.3, 0.4) is 0 Å². The molecule has 1 aliphatic rings. The zero-order valence-corrected chi connectivity index (χ0v) is 14.4. The Morgan fingerprint density at radius 1 is 1.24 bits per heavy atom. The number of amides is 2. The molecule has 2 heterocycles. The highest BCUT2D eigenvalue weighted by molar-refractivity contribution is 5.74. The molecule has 25 heavy (non-hydrogen) atoms. The first-order chi connectivity index (χ1) is 12.1. The first-order valence-corrected chi connectivity index (χ1v) is 8.60. The smallest absolute Gasteiger partial charge is 0.317 e. The van der Waals surface area contributed by atoms with Crippen molar-refractivity contribution in [2.75, 3.05) is 26.2 Å². The Balaban J connectivity index is 1.42. The lowest BCUT2D eigenvalue weighted by Gasteiger charge is -2.35. The van der Waals surface area contributed by atoms with Gasteiger partial charge in [-0.3, -0.25) is 9.58 Å². The van der Waals surface area contributed by atoms with Gasteiger partial charge in [-0.05, 0) is 30.7 Å². The first kappa shape index (κ1) is 17.4. The Labute approximate surface area is 147 Å². The summed E-state index contributed by atoms with van der Waals surface area (Å²) >= 11 is 0. The van der Waals surface area contributed by atoms with Gasteiger partial charge in [0.05, 0.1) is 6.54 Å². The predicted octanol–water partition coefficient (Wildman–Crippen LogP) is 1.94. The highest BCUT2D eigenvalue weighted by atomic mass is 19.1. The average molecular weight is 345 g/mol. The Morgan fingerprint density at radius 3 is 2.60 bits per heavy atom. The Kier molecular flexibility index (Phi) is 5.65. The van der Waals surface area contributed by atoms with Crippen molar-refractivity contribution in [1.29, 1.82) is 0 Å². The highest BCUT2D eigenvalue weighted by Crippen LogP contribution is 2.10. The molecule has 1 aromatic heterocycles. The van der Waals surface area contributed by atoms with E-state index >= 15 is 0 Å². The van der Waals surface area contributed by atoms with E-state index in [9.17, 15) is 9.18 Å². The fraction of sp³-hybridized carbons (Fsp3) is 0.444. The molecular weight excluding hydrogens is 321 g/mol. The summed E-state index contributed by atoms with van der Waals surface area (Å²) in [6, 6.07) is 8.46. The molecule has 1 saturated heterocycles. The van der Waals surface area contributed by atoms with Crippen LogP contribution >= 0.6 is 0 Å². The number of urea groups is 1. The summed E-state index contributed by atoms with van der Waals surface area (Å²) in [7, 11) is 0. The summed E-state index contributed by atoms with van der Waals surface area (Å²) < 4.78 is 14.8. The summed E-state index contributed by atoms with van der Waals surface area (Å²) in [6.07, 6.45) is 3.62. The maximum atomic E-state index is 13.0. The number of nitrogens with zero attached hydrogens (tertiary/aromatic N) is 4. The number of benzene rings is 1. The summed E-state index contributed by atoms with van der Waals surface area (Å²) in [4.78, 5) is 16.5. The van der Waals surface area contributed by atoms with E-state index in [1.807, 2.05) is 40.9 Å². The molecule has 1 aromatic carbocycles. The van der Waals surface area contributed by atoms with Crippen molar-refractivity contribution in [2.24, 2.45) is 0 Å². The highest BCUT2D eigenvalue weighted by Gasteiger charge is 2.22. The van der Waals surface area contributed by atoms with Gasteiger partial charge < -0.3 is 10.2 Å². The van der Waals surface area contributed by atoms with E-state index in [0.29, 0.717) is 19.6 Å². The fourth-order valence-electron chi connectivity index (χ4n) is 2.99. The topological polar surface area (TPSA) is 53.4 Å². The number of piperazine rings is 1. The zero-order valence-electron chi connectivity index (χ0n) is 14.4. The number of aromatic nitrogens is 2. The number of hydrogen-bond acceptors (Lipinski definition) is 3. The molecule has 2 aromatic rings. The van der Waals surface area contributed by atoms with E-state index in [1.165, 1.54) is 12.1 Å². The largest absolute Gasteiger partial charge is 0.334 e. The van der Waals surface area contributed by atoms with Gasteiger partial charge in [0.25, 0.3) is 0 Å². The molecule has 0 bridgehead atoms. The molecular formula is C18H24FN5O. The second-order valence-corrected chi connectivity index (χ2v) is 6.47. The van der Waals surface area contributed by atoms with E-state index in [1.54, 1.807) is 6.20 Å². The van der Waals surface area contributed by atoms with Gasteiger partial charge in [-0.2, -0.15) is 5.10 Å². The number of carbonyl (C=O) groups excluding carboxylic acids is 1. The van der Waals surface area contributed by atoms with E-state index in [-0.39, 0.29) is 17.9 Å². The second kappa shape index (κ2) is 8.11. The molecule has 6 nitrogen and oxygen atoms in total. The summed E-state index contributed by atoms with van der Waals surface area (Å²) in [5.41, 5.74) is 1.09. The van der Waals surface area contributed by atoms with Crippen molar-refractivity contribution in [3.8, 4) is 0 Å². The zero-order chi connectivity index (χ0) is 17.6. The normalized spacial score (nSPS) is 16.6. The van der Waals surface area contributed by atoms with Crippen molar-refractivity contribution in [3.05, 3.63) is 54.1 Å². The molecule has 0 saturated carbocycles. The van der Waals surface area contributed by atoms with Crippen LogP contribution in [0.2, 0.25) is 0 Å². The van der Waals surface area contributed by atoms with Gasteiger partial charge in [-0.1, -0.05) is 12.1 Å². The van der Waals surface area contributed by atoms with Gasteiger partial charge in [-0.25, -0.2) is 9.18 Å². The molecule has 3 rings (SSSR count). The Bertz CT molecular complexity index is 665. The predicted molar refractivity (Wildman–Crippen MR) is 93.5 cm³/mol. The van der Waals surface area contributed by atoms with Gasteiger partial charge in [0.1, 0.15) is 5.82 Å². The van der Waals surface area contributed by atoms with Crippen LogP contribution in [0.4, 0.5) is 9.18 Å². The van der Waals surface area contributed by atoms with Crippen LogP contribution in [-0.2, 0) is 13.1 Å². The second-order valence-electron chi connectivity index (χ2n) is 6.47. The van der Waals surface area contributed by atoms with Gasteiger partial charge in [-0.15, -0.1) is 0 Å². The van der Waals surface area contributed by atoms with Crippen LogP contribution in [0, 0.1) is 5.82 Å². The summed E-state index contributed by atoms with van der Waals surface area (Å²) in [5.74, 6) is -0.213. The monoisotopic (exact) mass is 345 g/mol. The molecule has 1 fully saturated rings. The molecule has 1 aliphatic heterocycles. The third-order valence-electron chi connectivity index (χ3n) is 4.37. The number of nitrogens with one attached hydrogen (secondary N) is 1. The summed E-state index contributed by atoms with van der Waals surface area (Å²) in [5, 5.41) is 7.18. The standard InChI is InChI=1S/C18H24FN5O/c1-15(13-24-8-2-7-20-24)21-18(25)23-11-9-22(10-12-23)14-16-3-5-17(19)6-4-16/h2-8,15H,9-14H2,1H3,(H,21,25)/t15-/m0/s1. The minimum absolute atomic E-state index is 0.0182. The summed E-state index contributed by atoms with van der Waals surface area (Å²) in [6.45, 7) is 6.44. The van der Waals surface area contributed by atoms with Crippen molar-refractivity contribution in [1.82, 2.24) is 24.9 Å². The van der Waals surface area contributed by atoms with E-state index in [2.05, 4.69) is 15.3 Å². The van der Waals surface area contributed by atoms with Crippen LogP contribution in [0.1, 0.15) is 12.5 Å². The SMILES string of the molecule is C[C@@H](Cn1cccn1)NC(=O)N1CCN(Cc2ccc(F)cc2)CC1. The molecule has 0 radical (unpaired) electrons. The number of halogens is 1. The van der Waals surface area contributed by atoms with Crippen LogP contribution in [-0.4, -0.2) is 57.8 Å². The maximum absolute atomic E-state index is 13.0. The molecule has 1 N–H and O–H groups in total. The van der Waals surface area contributed by atoms with Crippen LogP contribution in [0.5, 0.6) is 0 Å². The van der Waals surface area contributed by atoms with Crippen LogP contribution in [0.25, 0.3) is 0 Å². The minimum Gasteiger partial charge on any atom is -0.334 e. The van der Waals surface area contributed by atoms with Gasteiger partial charge in [0, 0.05) is 51.2 Å².